The second kappa shape index (κ2) is 5.51. The lowest BCUT2D eigenvalue weighted by Crippen LogP contribution is -2.63. The van der Waals surface area contributed by atoms with Gasteiger partial charge in [-0.15, -0.1) is 0 Å². The zero-order valence-electron chi connectivity index (χ0n) is 14.2. The Hall–Kier alpha value is -2.97. The Bertz CT molecular complexity index is 990. The standard InChI is InChI=1S/C19H17NO7/c20-18(26)14-11(22)6-9-5-8-4-7-2-1-3-10(21)12(7)15(23)13(8)16(24)19(9,27)17(14)25/h1-3,8-9,21,23,25,27H,4-6H2,(H2,20,26)/p+1. The zero-order valence-corrected chi connectivity index (χ0v) is 14.2. The number of hydrogen-bond acceptors (Lipinski definition) is 7. The van der Waals surface area contributed by atoms with Gasteiger partial charge in [-0.25, -0.2) is 4.79 Å². The molecule has 0 bridgehead atoms. The summed E-state index contributed by atoms with van der Waals surface area (Å²) >= 11 is 0. The minimum absolute atomic E-state index is 0.112. The predicted molar refractivity (Wildman–Crippen MR) is 90.1 cm³/mol. The van der Waals surface area contributed by atoms with Crippen LogP contribution in [0.2, 0.25) is 0 Å². The van der Waals surface area contributed by atoms with Gasteiger partial charge in [0.25, 0.3) is 0 Å². The molecule has 1 aromatic carbocycles. The summed E-state index contributed by atoms with van der Waals surface area (Å²) in [5.74, 6) is -5.66. The Balaban J connectivity index is 1.93. The summed E-state index contributed by atoms with van der Waals surface area (Å²) < 4.78 is 0. The van der Waals surface area contributed by atoms with Gasteiger partial charge in [-0.05, 0) is 30.4 Å². The highest BCUT2D eigenvalue weighted by Crippen LogP contribution is 2.51. The van der Waals surface area contributed by atoms with Crippen molar-refractivity contribution in [3.63, 3.8) is 0 Å². The summed E-state index contributed by atoms with van der Waals surface area (Å²) in [4.78, 5) is 37.0. The number of carbonyl (C=O) groups is 3. The van der Waals surface area contributed by atoms with Crippen molar-refractivity contribution in [1.29, 1.82) is 0 Å². The lowest BCUT2D eigenvalue weighted by Gasteiger charge is -2.45. The van der Waals surface area contributed by atoms with Crippen LogP contribution in [0.4, 0.5) is 0 Å². The normalized spacial score (nSPS) is 30.0. The van der Waals surface area contributed by atoms with Gasteiger partial charge >= 0.3 is 5.91 Å². The molecule has 7 N–H and O–H groups in total. The fourth-order valence-electron chi connectivity index (χ4n) is 4.59. The van der Waals surface area contributed by atoms with E-state index in [1.54, 1.807) is 12.1 Å². The Kier molecular flexibility index (Phi) is 3.56. The number of hydrogen-bond donors (Lipinski definition) is 5. The molecule has 0 radical (unpaired) electrons. The molecule has 3 atom stereocenters. The van der Waals surface area contributed by atoms with Gasteiger partial charge in [-0.3, -0.25) is 15.3 Å². The number of rotatable bonds is 1. The highest BCUT2D eigenvalue weighted by Gasteiger charge is 2.60. The third kappa shape index (κ3) is 2.14. The van der Waals surface area contributed by atoms with E-state index in [-0.39, 0.29) is 29.7 Å². The molecule has 1 fully saturated rings. The largest absolute Gasteiger partial charge is 0.508 e. The summed E-state index contributed by atoms with van der Waals surface area (Å²) in [7, 11) is 0. The Morgan fingerprint density at radius 1 is 1.15 bits per heavy atom. The second-order valence-electron chi connectivity index (χ2n) is 7.28. The Labute approximate surface area is 153 Å². The molecular weight excluding hydrogens is 354 g/mol. The maximum absolute atomic E-state index is 13.1. The third-order valence-electron chi connectivity index (χ3n) is 5.83. The first-order valence-corrected chi connectivity index (χ1v) is 8.52. The van der Waals surface area contributed by atoms with Gasteiger partial charge in [0.05, 0.1) is 5.56 Å². The van der Waals surface area contributed by atoms with Gasteiger partial charge in [-0.1, -0.05) is 12.1 Å². The van der Waals surface area contributed by atoms with E-state index in [2.05, 4.69) is 5.73 Å². The maximum atomic E-state index is 13.1. The van der Waals surface area contributed by atoms with Crippen molar-refractivity contribution in [2.45, 2.75) is 24.9 Å². The molecule has 1 aromatic rings. The van der Waals surface area contributed by atoms with Gasteiger partial charge in [0.1, 0.15) is 11.5 Å². The SMILES string of the molecule is [NH3+]C(=O)C1=C(O)C2(O)C(=O)C3=C(O)c4c(O)cccc4CC3CC2CC1=O. The molecule has 0 spiro atoms. The molecule has 4 rings (SSSR count). The van der Waals surface area contributed by atoms with Crippen LogP contribution < -0.4 is 5.73 Å². The number of phenols is 1. The van der Waals surface area contributed by atoms with Crippen molar-refractivity contribution < 1.29 is 40.5 Å². The van der Waals surface area contributed by atoms with Crippen molar-refractivity contribution in [1.82, 2.24) is 0 Å². The molecule has 0 aliphatic heterocycles. The summed E-state index contributed by atoms with van der Waals surface area (Å²) in [6.45, 7) is 0. The van der Waals surface area contributed by atoms with Crippen molar-refractivity contribution in [2.75, 3.05) is 0 Å². The number of carbonyl (C=O) groups excluding carboxylic acids is 3. The molecular formula is C19H18NO7+. The van der Waals surface area contributed by atoms with Crippen LogP contribution in [-0.2, 0) is 20.8 Å². The van der Waals surface area contributed by atoms with Gasteiger partial charge in [0.2, 0.25) is 5.78 Å². The molecule has 1 saturated carbocycles. The number of aliphatic hydroxyl groups excluding tert-OH is 2. The van der Waals surface area contributed by atoms with Crippen LogP contribution in [0.1, 0.15) is 24.0 Å². The molecule has 0 aromatic heterocycles. The summed E-state index contributed by atoms with van der Waals surface area (Å²) in [5.41, 5.74) is 0.596. The molecule has 8 heteroatoms. The number of benzene rings is 1. The van der Waals surface area contributed by atoms with Gasteiger partial charge in [0, 0.05) is 17.9 Å². The fraction of sp³-hybridized carbons (Fsp3) is 0.316. The van der Waals surface area contributed by atoms with E-state index in [1.165, 1.54) is 6.07 Å². The molecule has 140 valence electrons. The molecule has 0 heterocycles. The highest BCUT2D eigenvalue weighted by atomic mass is 16.3. The number of fused-ring (bicyclic) bond motifs is 3. The first-order valence-electron chi connectivity index (χ1n) is 8.52. The van der Waals surface area contributed by atoms with E-state index in [4.69, 9.17) is 0 Å². The molecule has 0 saturated heterocycles. The fourth-order valence-corrected chi connectivity index (χ4v) is 4.59. The number of amides is 1. The lowest BCUT2D eigenvalue weighted by molar-refractivity contribution is -0.299. The van der Waals surface area contributed by atoms with Crippen LogP contribution in [0.3, 0.4) is 0 Å². The second-order valence-corrected chi connectivity index (χ2v) is 7.28. The van der Waals surface area contributed by atoms with Crippen molar-refractivity contribution in [2.24, 2.45) is 11.8 Å². The molecule has 3 aliphatic carbocycles. The van der Waals surface area contributed by atoms with Gasteiger partial charge in [0.15, 0.2) is 22.7 Å². The van der Waals surface area contributed by atoms with Crippen LogP contribution >= 0.6 is 0 Å². The smallest absolute Gasteiger partial charge is 0.348 e. The average Bonchev–Trinajstić information content (AvgIpc) is 2.57. The number of quaternary nitrogens is 1. The Morgan fingerprint density at radius 2 is 1.85 bits per heavy atom. The summed E-state index contributed by atoms with van der Waals surface area (Å²) in [6.07, 6.45) is 0.215. The topological polar surface area (TPSA) is 160 Å². The van der Waals surface area contributed by atoms with Crippen LogP contribution in [0.5, 0.6) is 5.75 Å². The molecule has 1 amide bonds. The van der Waals surface area contributed by atoms with E-state index in [0.29, 0.717) is 12.0 Å². The highest BCUT2D eigenvalue weighted by molar-refractivity contribution is 6.20. The lowest BCUT2D eigenvalue weighted by atomic mass is 9.59. The van der Waals surface area contributed by atoms with E-state index in [1.807, 2.05) is 0 Å². The van der Waals surface area contributed by atoms with Crippen LogP contribution in [0.15, 0.2) is 35.1 Å². The minimum Gasteiger partial charge on any atom is -0.508 e. The van der Waals surface area contributed by atoms with Crippen LogP contribution in [-0.4, -0.2) is 43.5 Å². The van der Waals surface area contributed by atoms with Crippen molar-refractivity contribution >= 4 is 23.2 Å². The number of aliphatic hydroxyl groups is 3. The average molecular weight is 372 g/mol. The maximum Gasteiger partial charge on any atom is 0.348 e. The van der Waals surface area contributed by atoms with Crippen molar-refractivity contribution in [3.05, 3.63) is 46.2 Å². The first-order chi connectivity index (χ1) is 12.7. The molecule has 3 unspecified atom stereocenters. The van der Waals surface area contributed by atoms with Crippen LogP contribution in [0, 0.1) is 11.8 Å². The molecule has 3 aliphatic rings. The number of phenolic OH excluding ortho intramolecular Hbond substituents is 1. The van der Waals surface area contributed by atoms with Crippen LogP contribution in [0.25, 0.3) is 5.76 Å². The monoisotopic (exact) mass is 372 g/mol. The first kappa shape index (κ1) is 17.4. The number of aromatic hydroxyl groups is 1. The minimum atomic E-state index is -2.47. The quantitative estimate of drug-likeness (QED) is 0.423. The van der Waals surface area contributed by atoms with E-state index >= 15 is 0 Å². The summed E-state index contributed by atoms with van der Waals surface area (Å²) in [6, 6.07) is 4.71. The van der Waals surface area contributed by atoms with Gasteiger partial charge in [-0.2, -0.15) is 0 Å². The number of Topliss-reactive ketones (excluding diaryl/α,β-unsaturated/α-hetero) is 2. The zero-order chi connectivity index (χ0) is 19.7. The van der Waals surface area contributed by atoms with Crippen molar-refractivity contribution in [3.8, 4) is 5.75 Å². The van der Waals surface area contributed by atoms with E-state index in [0.717, 1.165) is 0 Å². The van der Waals surface area contributed by atoms with Gasteiger partial charge < -0.3 is 20.4 Å². The predicted octanol–water partition coefficient (Wildman–Crippen LogP) is -0.293. The van der Waals surface area contributed by atoms with E-state index in [9.17, 15) is 34.8 Å². The Morgan fingerprint density at radius 3 is 2.52 bits per heavy atom. The third-order valence-corrected chi connectivity index (χ3v) is 5.83. The molecule has 27 heavy (non-hydrogen) atoms. The number of ketones is 2. The summed E-state index contributed by atoms with van der Waals surface area (Å²) in [5, 5.41) is 42.2. The van der Waals surface area contributed by atoms with E-state index < -0.39 is 52.0 Å². The molecule has 8 nitrogen and oxygen atoms in total.